The van der Waals surface area contributed by atoms with Gasteiger partial charge in [0.2, 0.25) is 0 Å². The molecule has 0 aromatic carbocycles. The lowest BCUT2D eigenvalue weighted by atomic mass is 9.92. The molecule has 1 aliphatic rings. The molecule has 2 nitrogen and oxygen atoms in total. The Bertz CT molecular complexity index is 170. The quantitative estimate of drug-likeness (QED) is 0.566. The largest absolute Gasteiger partial charge is 0.370 e. The maximum Gasteiger partial charge on any atom is 0.186 e. The van der Waals surface area contributed by atoms with Gasteiger partial charge < -0.3 is 4.74 Å². The maximum atomic E-state index is 11.3. The molecule has 1 atom stereocenters. The van der Waals surface area contributed by atoms with Crippen molar-refractivity contribution in [2.24, 2.45) is 0 Å². The molecule has 11 heavy (non-hydrogen) atoms. The van der Waals surface area contributed by atoms with E-state index >= 15 is 0 Å². The Morgan fingerprint density at radius 3 is 3.09 bits per heavy atom. The SMILES string of the molecule is C=C1CCCC(OCC)C1=O. The summed E-state index contributed by atoms with van der Waals surface area (Å²) in [7, 11) is 0. The predicted molar refractivity (Wildman–Crippen MR) is 43.4 cm³/mol. The summed E-state index contributed by atoms with van der Waals surface area (Å²) in [6, 6.07) is 0. The monoisotopic (exact) mass is 154 g/mol. The van der Waals surface area contributed by atoms with Gasteiger partial charge in [-0.05, 0) is 31.8 Å². The first-order chi connectivity index (χ1) is 5.25. The van der Waals surface area contributed by atoms with Crippen LogP contribution >= 0.6 is 0 Å². The Morgan fingerprint density at radius 1 is 1.73 bits per heavy atom. The molecule has 0 bridgehead atoms. The molecule has 62 valence electrons. The van der Waals surface area contributed by atoms with Crippen molar-refractivity contribution in [1.82, 2.24) is 0 Å². The second-order valence-corrected chi connectivity index (χ2v) is 2.80. The topological polar surface area (TPSA) is 26.3 Å². The van der Waals surface area contributed by atoms with Crippen molar-refractivity contribution in [1.29, 1.82) is 0 Å². The van der Waals surface area contributed by atoms with E-state index in [-0.39, 0.29) is 11.9 Å². The van der Waals surface area contributed by atoms with Crippen molar-refractivity contribution in [2.45, 2.75) is 32.3 Å². The predicted octanol–water partition coefficient (Wildman–Crippen LogP) is 1.70. The lowest BCUT2D eigenvalue weighted by Gasteiger charge is -2.21. The van der Waals surface area contributed by atoms with Gasteiger partial charge in [0.25, 0.3) is 0 Å². The summed E-state index contributed by atoms with van der Waals surface area (Å²) in [5, 5.41) is 0. The summed E-state index contributed by atoms with van der Waals surface area (Å²) < 4.78 is 5.26. The molecule has 1 aliphatic carbocycles. The number of carbonyl (C=O) groups is 1. The molecular formula is C9H14O2. The van der Waals surface area contributed by atoms with Crippen molar-refractivity contribution >= 4 is 5.78 Å². The molecule has 0 aliphatic heterocycles. The molecule has 1 saturated carbocycles. The van der Waals surface area contributed by atoms with Gasteiger partial charge in [-0.3, -0.25) is 4.79 Å². The van der Waals surface area contributed by atoms with Crippen LogP contribution in [0.25, 0.3) is 0 Å². The molecule has 0 amide bonds. The van der Waals surface area contributed by atoms with Gasteiger partial charge in [-0.15, -0.1) is 0 Å². The van der Waals surface area contributed by atoms with Crippen LogP contribution in [0, 0.1) is 0 Å². The van der Waals surface area contributed by atoms with E-state index in [1.165, 1.54) is 0 Å². The molecule has 0 heterocycles. The zero-order chi connectivity index (χ0) is 8.27. The van der Waals surface area contributed by atoms with Crippen molar-refractivity contribution in [2.75, 3.05) is 6.61 Å². The van der Waals surface area contributed by atoms with Gasteiger partial charge in [0.15, 0.2) is 5.78 Å². The lowest BCUT2D eigenvalue weighted by molar-refractivity contribution is -0.128. The molecule has 0 aromatic heterocycles. The molecule has 2 heteroatoms. The van der Waals surface area contributed by atoms with Crippen LogP contribution in [0.1, 0.15) is 26.2 Å². The van der Waals surface area contributed by atoms with Gasteiger partial charge in [0.05, 0.1) is 0 Å². The van der Waals surface area contributed by atoms with Crippen LogP contribution in [0.3, 0.4) is 0 Å². The number of ether oxygens (including phenoxy) is 1. The number of ketones is 1. The minimum Gasteiger partial charge on any atom is -0.370 e. The van der Waals surface area contributed by atoms with E-state index in [1.807, 2.05) is 6.92 Å². The Morgan fingerprint density at radius 2 is 2.45 bits per heavy atom. The van der Waals surface area contributed by atoms with Gasteiger partial charge in [-0.1, -0.05) is 6.58 Å². The van der Waals surface area contributed by atoms with Gasteiger partial charge >= 0.3 is 0 Å². The van der Waals surface area contributed by atoms with Gasteiger partial charge in [-0.2, -0.15) is 0 Å². The lowest BCUT2D eigenvalue weighted by Crippen LogP contribution is -2.29. The second-order valence-electron chi connectivity index (χ2n) is 2.80. The van der Waals surface area contributed by atoms with Crippen LogP contribution in [0.2, 0.25) is 0 Å². The van der Waals surface area contributed by atoms with Crippen LogP contribution in [0.15, 0.2) is 12.2 Å². The highest BCUT2D eigenvalue weighted by Crippen LogP contribution is 2.20. The number of Topliss-reactive ketones (excluding diaryl/α,β-unsaturated/α-hetero) is 1. The molecule has 0 N–H and O–H groups in total. The van der Waals surface area contributed by atoms with Crippen molar-refractivity contribution in [3.63, 3.8) is 0 Å². The Hall–Kier alpha value is -0.630. The highest BCUT2D eigenvalue weighted by Gasteiger charge is 2.24. The van der Waals surface area contributed by atoms with E-state index in [0.29, 0.717) is 6.61 Å². The highest BCUT2D eigenvalue weighted by atomic mass is 16.5. The highest BCUT2D eigenvalue weighted by molar-refractivity contribution is 5.98. The van der Waals surface area contributed by atoms with E-state index in [4.69, 9.17) is 4.74 Å². The van der Waals surface area contributed by atoms with Gasteiger partial charge in [0.1, 0.15) is 6.10 Å². The number of hydrogen-bond donors (Lipinski definition) is 0. The summed E-state index contributed by atoms with van der Waals surface area (Å²) in [5.41, 5.74) is 0.731. The third kappa shape index (κ3) is 1.90. The van der Waals surface area contributed by atoms with Crippen LogP contribution in [0.4, 0.5) is 0 Å². The molecular weight excluding hydrogens is 140 g/mol. The van der Waals surface area contributed by atoms with Crippen LogP contribution in [-0.2, 0) is 9.53 Å². The first-order valence-electron chi connectivity index (χ1n) is 4.09. The summed E-state index contributed by atoms with van der Waals surface area (Å²) in [6.07, 6.45) is 2.56. The average Bonchev–Trinajstić information content (AvgIpc) is 1.99. The van der Waals surface area contributed by atoms with Crippen LogP contribution in [0.5, 0.6) is 0 Å². The van der Waals surface area contributed by atoms with Crippen LogP contribution in [-0.4, -0.2) is 18.5 Å². The standard InChI is InChI=1S/C9H14O2/c1-3-11-8-6-4-5-7(2)9(8)10/h8H,2-6H2,1H3. The fourth-order valence-electron chi connectivity index (χ4n) is 1.34. The first-order valence-corrected chi connectivity index (χ1v) is 4.09. The van der Waals surface area contributed by atoms with Crippen LogP contribution < -0.4 is 0 Å². The zero-order valence-corrected chi connectivity index (χ0v) is 6.93. The second kappa shape index (κ2) is 3.67. The summed E-state index contributed by atoms with van der Waals surface area (Å²) >= 11 is 0. The minimum absolute atomic E-state index is 0.109. The summed E-state index contributed by atoms with van der Waals surface area (Å²) in [4.78, 5) is 11.3. The van der Waals surface area contributed by atoms with E-state index in [2.05, 4.69) is 6.58 Å². The summed E-state index contributed by atoms with van der Waals surface area (Å²) in [5.74, 6) is 0.109. The van der Waals surface area contributed by atoms with Crippen molar-refractivity contribution < 1.29 is 9.53 Å². The number of hydrogen-bond acceptors (Lipinski definition) is 2. The van der Waals surface area contributed by atoms with E-state index in [9.17, 15) is 4.79 Å². The molecule has 0 spiro atoms. The third-order valence-corrected chi connectivity index (χ3v) is 1.95. The van der Waals surface area contributed by atoms with Gasteiger partial charge in [-0.25, -0.2) is 0 Å². The average molecular weight is 154 g/mol. The smallest absolute Gasteiger partial charge is 0.186 e. The summed E-state index contributed by atoms with van der Waals surface area (Å²) in [6.45, 7) is 6.22. The van der Waals surface area contributed by atoms with E-state index in [0.717, 1.165) is 24.8 Å². The van der Waals surface area contributed by atoms with E-state index < -0.39 is 0 Å². The van der Waals surface area contributed by atoms with Crippen molar-refractivity contribution in [3.8, 4) is 0 Å². The molecule has 1 unspecified atom stereocenters. The Kier molecular flexibility index (Phi) is 2.83. The fraction of sp³-hybridized carbons (Fsp3) is 0.667. The number of carbonyl (C=O) groups excluding carboxylic acids is 1. The fourth-order valence-corrected chi connectivity index (χ4v) is 1.34. The molecule has 0 radical (unpaired) electrons. The van der Waals surface area contributed by atoms with Gasteiger partial charge in [0, 0.05) is 6.61 Å². The molecule has 1 rings (SSSR count). The Balaban J connectivity index is 2.51. The molecule has 0 aromatic rings. The zero-order valence-electron chi connectivity index (χ0n) is 6.93. The number of rotatable bonds is 2. The first kappa shape index (κ1) is 8.47. The minimum atomic E-state index is -0.193. The Labute approximate surface area is 67.2 Å². The normalized spacial score (nSPS) is 25.7. The van der Waals surface area contributed by atoms with E-state index in [1.54, 1.807) is 0 Å². The van der Waals surface area contributed by atoms with Crippen molar-refractivity contribution in [3.05, 3.63) is 12.2 Å². The maximum absolute atomic E-state index is 11.3. The molecule has 1 fully saturated rings. The molecule has 0 saturated heterocycles. The third-order valence-electron chi connectivity index (χ3n) is 1.95.